The number of hydrogen-bond donors (Lipinski definition) is 2. The molecular formula is C15H24N2O4S. The van der Waals surface area contributed by atoms with E-state index in [0.717, 1.165) is 29.1 Å². The molecule has 7 heteroatoms. The average molecular weight is 328 g/mol. The highest BCUT2D eigenvalue weighted by Crippen LogP contribution is 2.17. The number of carbonyl (C=O) groups excluding carboxylic acids is 1. The van der Waals surface area contributed by atoms with Gasteiger partial charge in [0.05, 0.1) is 11.4 Å². The highest BCUT2D eigenvalue weighted by molar-refractivity contribution is 7.89. The number of aryl methyl sites for hydroxylation is 1. The largest absolute Gasteiger partial charge is 0.289 e. The molecular weight excluding hydrogens is 304 g/mol. The Hall–Kier alpha value is -1.44. The first-order valence-corrected chi connectivity index (χ1v) is 8.91. The number of unbranched alkanes of at least 4 members (excludes halogenated alkanes) is 1. The summed E-state index contributed by atoms with van der Waals surface area (Å²) in [6.45, 7) is 3.85. The van der Waals surface area contributed by atoms with Gasteiger partial charge in [0.15, 0.2) is 0 Å². The van der Waals surface area contributed by atoms with E-state index in [1.165, 1.54) is 5.48 Å². The predicted octanol–water partition coefficient (Wildman–Crippen LogP) is 1.94. The number of nitrogens with zero attached hydrogens (tertiary/aromatic N) is 1. The van der Waals surface area contributed by atoms with E-state index < -0.39 is 22.5 Å². The second kappa shape index (κ2) is 8.87. The number of hydroxylamine groups is 1. The fraction of sp³-hybridized carbons (Fsp3) is 0.533. The first kappa shape index (κ1) is 18.6. The number of benzene rings is 1. The Balaban J connectivity index is 3.00. The minimum atomic E-state index is -3.75. The number of hydrogen-bond acceptors (Lipinski definition) is 4. The van der Waals surface area contributed by atoms with Gasteiger partial charge in [0, 0.05) is 6.54 Å². The van der Waals surface area contributed by atoms with Crippen LogP contribution in [0.5, 0.6) is 0 Å². The smallest absolute Gasteiger partial charge is 0.258 e. The molecule has 0 aromatic heterocycles. The van der Waals surface area contributed by atoms with Crippen LogP contribution in [0.25, 0.3) is 0 Å². The molecule has 0 aliphatic rings. The summed E-state index contributed by atoms with van der Waals surface area (Å²) in [7, 11) is -3.75. The standard InChI is InChI=1S/C15H24N2O4S/c1-3-5-11-17(12-15(18)16-19)22(20,21)14-9-7-13(6-4-2)8-10-14/h7-10,19H,3-6,11-12H2,1-2H3,(H,16,18). The lowest BCUT2D eigenvalue weighted by atomic mass is 10.1. The van der Waals surface area contributed by atoms with Gasteiger partial charge in [-0.3, -0.25) is 10.0 Å². The lowest BCUT2D eigenvalue weighted by Gasteiger charge is -2.21. The van der Waals surface area contributed by atoms with Crippen LogP contribution in [0.3, 0.4) is 0 Å². The quantitative estimate of drug-likeness (QED) is 0.536. The van der Waals surface area contributed by atoms with E-state index in [0.29, 0.717) is 6.42 Å². The molecule has 0 saturated carbocycles. The minimum Gasteiger partial charge on any atom is -0.289 e. The molecule has 0 fully saturated rings. The fourth-order valence-corrected chi connectivity index (χ4v) is 3.51. The number of amides is 1. The van der Waals surface area contributed by atoms with Gasteiger partial charge in [0.2, 0.25) is 10.0 Å². The number of rotatable bonds is 9. The molecule has 1 aromatic rings. The van der Waals surface area contributed by atoms with Crippen LogP contribution in [0.4, 0.5) is 0 Å². The Kier molecular flexibility index (Phi) is 7.50. The zero-order valence-electron chi connectivity index (χ0n) is 13.1. The lowest BCUT2D eigenvalue weighted by molar-refractivity contribution is -0.129. The van der Waals surface area contributed by atoms with Crippen molar-refractivity contribution in [2.45, 2.75) is 44.4 Å². The number of carbonyl (C=O) groups is 1. The topological polar surface area (TPSA) is 86.7 Å². The average Bonchev–Trinajstić information content (AvgIpc) is 2.51. The maximum Gasteiger partial charge on any atom is 0.258 e. The summed E-state index contributed by atoms with van der Waals surface area (Å²) in [6, 6.07) is 6.72. The summed E-state index contributed by atoms with van der Waals surface area (Å²) in [5.74, 6) is -0.748. The predicted molar refractivity (Wildman–Crippen MR) is 84.0 cm³/mol. The molecule has 0 aliphatic heterocycles. The molecule has 0 bridgehead atoms. The van der Waals surface area contributed by atoms with Gasteiger partial charge in [-0.1, -0.05) is 38.8 Å². The maximum atomic E-state index is 12.6. The van der Waals surface area contributed by atoms with Gasteiger partial charge in [-0.05, 0) is 30.5 Å². The van der Waals surface area contributed by atoms with Crippen molar-refractivity contribution >= 4 is 15.9 Å². The number of nitrogens with one attached hydrogen (secondary N) is 1. The SMILES string of the molecule is CCCCN(CC(=O)NO)S(=O)(=O)c1ccc(CCC)cc1. The molecule has 22 heavy (non-hydrogen) atoms. The highest BCUT2D eigenvalue weighted by atomic mass is 32.2. The second-order valence-corrected chi connectivity index (χ2v) is 7.06. The monoisotopic (exact) mass is 328 g/mol. The van der Waals surface area contributed by atoms with Gasteiger partial charge in [-0.2, -0.15) is 4.31 Å². The van der Waals surface area contributed by atoms with E-state index in [-0.39, 0.29) is 11.4 Å². The van der Waals surface area contributed by atoms with Crippen molar-refractivity contribution in [3.63, 3.8) is 0 Å². The van der Waals surface area contributed by atoms with Gasteiger partial charge >= 0.3 is 0 Å². The van der Waals surface area contributed by atoms with Crippen LogP contribution < -0.4 is 5.48 Å². The molecule has 0 spiro atoms. The molecule has 1 aromatic carbocycles. The third-order valence-corrected chi connectivity index (χ3v) is 5.16. The molecule has 0 heterocycles. The van der Waals surface area contributed by atoms with Gasteiger partial charge < -0.3 is 0 Å². The zero-order valence-corrected chi connectivity index (χ0v) is 13.9. The summed E-state index contributed by atoms with van der Waals surface area (Å²) in [5, 5.41) is 8.62. The molecule has 0 saturated heterocycles. The van der Waals surface area contributed by atoms with E-state index in [1.54, 1.807) is 24.3 Å². The molecule has 1 rings (SSSR count). The van der Waals surface area contributed by atoms with Gasteiger partial charge in [0.1, 0.15) is 0 Å². The first-order valence-electron chi connectivity index (χ1n) is 7.47. The molecule has 1 amide bonds. The van der Waals surface area contributed by atoms with Crippen LogP contribution >= 0.6 is 0 Å². The highest BCUT2D eigenvalue weighted by Gasteiger charge is 2.26. The number of sulfonamides is 1. The van der Waals surface area contributed by atoms with Crippen LogP contribution in [-0.4, -0.2) is 36.9 Å². The fourth-order valence-electron chi connectivity index (χ4n) is 2.08. The Morgan fingerprint density at radius 3 is 2.32 bits per heavy atom. The molecule has 0 aliphatic carbocycles. The van der Waals surface area contributed by atoms with Crippen molar-refractivity contribution in [2.24, 2.45) is 0 Å². The van der Waals surface area contributed by atoms with Crippen LogP contribution in [-0.2, 0) is 21.2 Å². The summed E-state index contributed by atoms with van der Waals surface area (Å²) in [6.07, 6.45) is 3.34. The van der Waals surface area contributed by atoms with Crippen molar-refractivity contribution < 1.29 is 18.4 Å². The Bertz CT molecular complexity index is 570. The van der Waals surface area contributed by atoms with Crippen LogP contribution in [0, 0.1) is 0 Å². The summed E-state index contributed by atoms with van der Waals surface area (Å²) in [4.78, 5) is 11.5. The van der Waals surface area contributed by atoms with E-state index >= 15 is 0 Å². The summed E-state index contributed by atoms with van der Waals surface area (Å²) in [5.41, 5.74) is 2.55. The molecule has 124 valence electrons. The third-order valence-electron chi connectivity index (χ3n) is 3.31. The van der Waals surface area contributed by atoms with Crippen molar-refractivity contribution in [3.8, 4) is 0 Å². The first-order chi connectivity index (χ1) is 10.5. The molecule has 6 nitrogen and oxygen atoms in total. The normalized spacial score (nSPS) is 11.6. The van der Waals surface area contributed by atoms with E-state index in [4.69, 9.17) is 5.21 Å². The van der Waals surface area contributed by atoms with Gasteiger partial charge in [0.25, 0.3) is 5.91 Å². The molecule has 0 radical (unpaired) electrons. The van der Waals surface area contributed by atoms with Crippen LogP contribution in [0.15, 0.2) is 29.2 Å². The van der Waals surface area contributed by atoms with E-state index in [1.807, 2.05) is 6.92 Å². The summed E-state index contributed by atoms with van der Waals surface area (Å²) >= 11 is 0. The van der Waals surface area contributed by atoms with E-state index in [9.17, 15) is 13.2 Å². The van der Waals surface area contributed by atoms with E-state index in [2.05, 4.69) is 6.92 Å². The van der Waals surface area contributed by atoms with Crippen molar-refractivity contribution in [1.29, 1.82) is 0 Å². The minimum absolute atomic E-state index is 0.161. The van der Waals surface area contributed by atoms with Crippen LogP contribution in [0.2, 0.25) is 0 Å². The zero-order chi connectivity index (χ0) is 16.6. The van der Waals surface area contributed by atoms with Crippen molar-refractivity contribution in [3.05, 3.63) is 29.8 Å². The Labute approximate surface area is 132 Å². The lowest BCUT2D eigenvalue weighted by Crippen LogP contribution is -2.40. The molecule has 0 atom stereocenters. The Morgan fingerprint density at radius 2 is 1.82 bits per heavy atom. The molecule has 2 N–H and O–H groups in total. The van der Waals surface area contributed by atoms with Crippen molar-refractivity contribution in [2.75, 3.05) is 13.1 Å². The third kappa shape index (κ3) is 5.08. The van der Waals surface area contributed by atoms with Gasteiger partial charge in [-0.25, -0.2) is 13.9 Å². The van der Waals surface area contributed by atoms with Gasteiger partial charge in [-0.15, -0.1) is 0 Å². The second-order valence-electron chi connectivity index (χ2n) is 5.12. The van der Waals surface area contributed by atoms with Crippen molar-refractivity contribution in [1.82, 2.24) is 9.79 Å². The van der Waals surface area contributed by atoms with Crippen LogP contribution in [0.1, 0.15) is 38.7 Å². The molecule has 0 unspecified atom stereocenters. The Morgan fingerprint density at radius 1 is 1.18 bits per heavy atom. The maximum absolute atomic E-state index is 12.6. The summed E-state index contributed by atoms with van der Waals surface area (Å²) < 4.78 is 26.3.